The average Bonchev–Trinajstić information content (AvgIpc) is 2.61. The Morgan fingerprint density at radius 2 is 2.16 bits per heavy atom. The molecular formula is C19H29FN2O3. The van der Waals surface area contributed by atoms with E-state index in [1.165, 1.54) is 12.1 Å². The molecule has 140 valence electrons. The highest BCUT2D eigenvalue weighted by Crippen LogP contribution is 2.30. The van der Waals surface area contributed by atoms with Gasteiger partial charge in [0.1, 0.15) is 5.82 Å². The molecule has 1 aromatic rings. The molecule has 2 N–H and O–H groups in total. The van der Waals surface area contributed by atoms with Crippen molar-refractivity contribution in [3.8, 4) is 0 Å². The van der Waals surface area contributed by atoms with Crippen LogP contribution >= 0.6 is 0 Å². The number of carbonyl (C=O) groups is 1. The van der Waals surface area contributed by atoms with E-state index in [4.69, 9.17) is 4.74 Å². The molecule has 5 nitrogen and oxygen atoms in total. The van der Waals surface area contributed by atoms with Crippen LogP contribution in [0.4, 0.5) is 4.39 Å². The van der Waals surface area contributed by atoms with E-state index in [1.807, 2.05) is 0 Å². The van der Waals surface area contributed by atoms with Gasteiger partial charge < -0.3 is 20.1 Å². The first-order valence-electron chi connectivity index (χ1n) is 8.88. The SMILES string of the molecule is COCC[C@@]1(O)CCN(CCC(=O)NCc2ccc(F)cc2)C[C@@H]1C. The van der Waals surface area contributed by atoms with E-state index in [9.17, 15) is 14.3 Å². The standard InChI is InChI=1S/C19H29FN2O3/c1-15-14-22(11-8-19(15,24)9-12-25-2)10-7-18(23)21-13-16-3-5-17(20)6-4-16/h3-6,15,24H,7-14H2,1-2H3,(H,21,23)/t15-,19-/m0/s1. The summed E-state index contributed by atoms with van der Waals surface area (Å²) in [6.07, 6.45) is 1.77. The molecule has 1 aliphatic rings. The summed E-state index contributed by atoms with van der Waals surface area (Å²) in [5.74, 6) is -0.143. The molecule has 0 bridgehead atoms. The summed E-state index contributed by atoms with van der Waals surface area (Å²) in [7, 11) is 1.65. The molecule has 0 radical (unpaired) electrons. The summed E-state index contributed by atoms with van der Waals surface area (Å²) in [5.41, 5.74) is 0.210. The number of rotatable bonds is 8. The first kappa shape index (κ1) is 19.8. The Balaban J connectivity index is 1.69. The first-order chi connectivity index (χ1) is 11.9. The van der Waals surface area contributed by atoms with Crippen molar-refractivity contribution >= 4 is 5.91 Å². The van der Waals surface area contributed by atoms with Crippen molar-refractivity contribution in [2.24, 2.45) is 5.92 Å². The van der Waals surface area contributed by atoms with Gasteiger partial charge in [0.15, 0.2) is 0 Å². The monoisotopic (exact) mass is 352 g/mol. The number of likely N-dealkylation sites (tertiary alicyclic amines) is 1. The van der Waals surface area contributed by atoms with Crippen LogP contribution in [0.1, 0.15) is 31.7 Å². The van der Waals surface area contributed by atoms with Crippen LogP contribution in [-0.2, 0) is 16.1 Å². The van der Waals surface area contributed by atoms with Gasteiger partial charge in [0.2, 0.25) is 5.91 Å². The zero-order valence-electron chi connectivity index (χ0n) is 15.1. The normalized spacial score (nSPS) is 24.2. The molecule has 1 saturated heterocycles. The van der Waals surface area contributed by atoms with Crippen molar-refractivity contribution in [3.05, 3.63) is 35.6 Å². The Morgan fingerprint density at radius 3 is 2.80 bits per heavy atom. The maximum Gasteiger partial charge on any atom is 0.221 e. The van der Waals surface area contributed by atoms with Crippen molar-refractivity contribution in [2.75, 3.05) is 33.4 Å². The number of hydrogen-bond donors (Lipinski definition) is 2. The predicted molar refractivity (Wildman–Crippen MR) is 94.5 cm³/mol. The number of amides is 1. The summed E-state index contributed by atoms with van der Waals surface area (Å²) < 4.78 is 17.9. The molecule has 0 aliphatic carbocycles. The van der Waals surface area contributed by atoms with E-state index in [2.05, 4.69) is 17.1 Å². The number of halogens is 1. The number of methoxy groups -OCH3 is 1. The van der Waals surface area contributed by atoms with Gasteiger partial charge in [-0.05, 0) is 36.5 Å². The molecule has 2 rings (SSSR count). The number of nitrogens with one attached hydrogen (secondary N) is 1. The number of aliphatic hydroxyl groups is 1. The number of ether oxygens (including phenoxy) is 1. The van der Waals surface area contributed by atoms with Gasteiger partial charge in [-0.1, -0.05) is 19.1 Å². The summed E-state index contributed by atoms with van der Waals surface area (Å²) in [4.78, 5) is 14.2. The third-order valence-corrected chi connectivity index (χ3v) is 5.11. The van der Waals surface area contributed by atoms with Crippen molar-refractivity contribution in [1.82, 2.24) is 10.2 Å². The molecule has 1 aromatic carbocycles. The lowest BCUT2D eigenvalue weighted by Crippen LogP contribution is -2.51. The topological polar surface area (TPSA) is 61.8 Å². The molecule has 1 amide bonds. The number of piperidine rings is 1. The number of carbonyl (C=O) groups excluding carboxylic acids is 1. The quantitative estimate of drug-likeness (QED) is 0.751. The number of nitrogens with zero attached hydrogens (tertiary/aromatic N) is 1. The Bertz CT molecular complexity index is 552. The van der Waals surface area contributed by atoms with Crippen LogP contribution in [0.15, 0.2) is 24.3 Å². The maximum absolute atomic E-state index is 12.8. The third-order valence-electron chi connectivity index (χ3n) is 5.11. The summed E-state index contributed by atoms with van der Waals surface area (Å²) in [6, 6.07) is 6.12. The second-order valence-corrected chi connectivity index (χ2v) is 6.95. The Kier molecular flexibility index (Phi) is 7.35. The van der Waals surface area contributed by atoms with Gasteiger partial charge in [-0.3, -0.25) is 4.79 Å². The maximum atomic E-state index is 12.8. The van der Waals surface area contributed by atoms with Crippen LogP contribution in [0.25, 0.3) is 0 Å². The second-order valence-electron chi connectivity index (χ2n) is 6.95. The van der Waals surface area contributed by atoms with Crippen molar-refractivity contribution in [1.29, 1.82) is 0 Å². The zero-order chi connectivity index (χ0) is 18.3. The highest BCUT2D eigenvalue weighted by molar-refractivity contribution is 5.76. The van der Waals surface area contributed by atoms with Crippen LogP contribution in [0.3, 0.4) is 0 Å². The fourth-order valence-electron chi connectivity index (χ4n) is 3.25. The predicted octanol–water partition coefficient (Wildman–Crippen LogP) is 1.94. The van der Waals surface area contributed by atoms with Crippen LogP contribution in [0, 0.1) is 11.7 Å². The second kappa shape index (κ2) is 9.27. The van der Waals surface area contributed by atoms with Gasteiger partial charge in [0, 0.05) is 46.3 Å². The summed E-state index contributed by atoms with van der Waals surface area (Å²) in [5, 5.41) is 13.5. The van der Waals surface area contributed by atoms with Gasteiger partial charge in [0.25, 0.3) is 0 Å². The molecule has 6 heteroatoms. The fourth-order valence-corrected chi connectivity index (χ4v) is 3.25. The Labute approximate surface area is 149 Å². The molecule has 1 aliphatic heterocycles. The number of benzene rings is 1. The molecule has 25 heavy (non-hydrogen) atoms. The number of hydrogen-bond acceptors (Lipinski definition) is 4. The van der Waals surface area contributed by atoms with E-state index in [1.54, 1.807) is 19.2 Å². The third kappa shape index (κ3) is 6.06. The molecule has 1 heterocycles. The summed E-state index contributed by atoms with van der Waals surface area (Å²) in [6.45, 7) is 5.27. The Hall–Kier alpha value is -1.50. The fraction of sp³-hybridized carbons (Fsp3) is 0.632. The van der Waals surface area contributed by atoms with E-state index in [0.29, 0.717) is 39.0 Å². The van der Waals surface area contributed by atoms with E-state index in [-0.39, 0.29) is 17.6 Å². The zero-order valence-corrected chi connectivity index (χ0v) is 15.1. The van der Waals surface area contributed by atoms with E-state index >= 15 is 0 Å². The van der Waals surface area contributed by atoms with Crippen LogP contribution in [0.5, 0.6) is 0 Å². The molecule has 0 unspecified atom stereocenters. The lowest BCUT2D eigenvalue weighted by Gasteiger charge is -2.43. The van der Waals surface area contributed by atoms with Crippen molar-refractivity contribution in [2.45, 2.75) is 38.3 Å². The van der Waals surface area contributed by atoms with Crippen molar-refractivity contribution in [3.63, 3.8) is 0 Å². The van der Waals surface area contributed by atoms with Crippen LogP contribution < -0.4 is 5.32 Å². The van der Waals surface area contributed by atoms with Crippen LogP contribution in [0.2, 0.25) is 0 Å². The molecule has 0 spiro atoms. The van der Waals surface area contributed by atoms with E-state index in [0.717, 1.165) is 18.7 Å². The first-order valence-corrected chi connectivity index (χ1v) is 8.88. The summed E-state index contributed by atoms with van der Waals surface area (Å²) >= 11 is 0. The van der Waals surface area contributed by atoms with Crippen LogP contribution in [-0.4, -0.2) is 54.9 Å². The lowest BCUT2D eigenvalue weighted by atomic mass is 9.80. The van der Waals surface area contributed by atoms with E-state index < -0.39 is 5.60 Å². The molecule has 0 aromatic heterocycles. The molecule has 1 fully saturated rings. The minimum Gasteiger partial charge on any atom is -0.389 e. The van der Waals surface area contributed by atoms with Gasteiger partial charge >= 0.3 is 0 Å². The molecule has 2 atom stereocenters. The van der Waals surface area contributed by atoms with Gasteiger partial charge in [-0.15, -0.1) is 0 Å². The minimum atomic E-state index is -0.669. The lowest BCUT2D eigenvalue weighted by molar-refractivity contribution is -0.122. The highest BCUT2D eigenvalue weighted by atomic mass is 19.1. The van der Waals surface area contributed by atoms with Gasteiger partial charge in [-0.25, -0.2) is 4.39 Å². The largest absolute Gasteiger partial charge is 0.389 e. The highest BCUT2D eigenvalue weighted by Gasteiger charge is 2.38. The van der Waals surface area contributed by atoms with Gasteiger partial charge in [0.05, 0.1) is 5.60 Å². The van der Waals surface area contributed by atoms with Crippen molar-refractivity contribution < 1.29 is 19.0 Å². The molecule has 0 saturated carbocycles. The minimum absolute atomic E-state index is 0.0165. The Morgan fingerprint density at radius 1 is 1.44 bits per heavy atom. The smallest absolute Gasteiger partial charge is 0.221 e. The molecular weight excluding hydrogens is 323 g/mol. The van der Waals surface area contributed by atoms with Gasteiger partial charge in [-0.2, -0.15) is 0 Å². The average molecular weight is 352 g/mol.